The lowest BCUT2D eigenvalue weighted by Crippen LogP contribution is -2.70. The van der Waals surface area contributed by atoms with E-state index in [-0.39, 0.29) is 19.8 Å². The van der Waals surface area contributed by atoms with Gasteiger partial charge in [-0.25, -0.2) is 0 Å². The zero-order valence-corrected chi connectivity index (χ0v) is 25.5. The zero-order valence-electron chi connectivity index (χ0n) is 25.5. The highest BCUT2D eigenvalue weighted by Gasteiger charge is 2.62. The lowest BCUT2D eigenvalue weighted by atomic mass is 9.88. The minimum Gasteiger partial charge on any atom is -0.394 e. The van der Waals surface area contributed by atoms with Crippen LogP contribution in [0.1, 0.15) is 6.42 Å². The normalized spacial score (nSPS) is 54.4. The maximum atomic E-state index is 11.3. The summed E-state index contributed by atoms with van der Waals surface area (Å²) >= 11 is 0. The maximum absolute atomic E-state index is 11.3. The van der Waals surface area contributed by atoms with Gasteiger partial charge in [-0.1, -0.05) is 0 Å². The van der Waals surface area contributed by atoms with Crippen LogP contribution in [0.15, 0.2) is 0 Å². The second-order valence-corrected chi connectivity index (χ2v) is 12.8. The second-order valence-electron chi connectivity index (χ2n) is 12.8. The van der Waals surface area contributed by atoms with Crippen LogP contribution in [-0.2, 0) is 42.6 Å². The molecule has 0 saturated carbocycles. The average Bonchev–Trinajstić information content (AvgIpc) is 3.55. The summed E-state index contributed by atoms with van der Waals surface area (Å²) in [7, 11) is 0. The molecule has 0 aromatic rings. The molecule has 1 unspecified atom stereocenters. The van der Waals surface area contributed by atoms with Crippen LogP contribution in [0.25, 0.3) is 0 Å². The smallest absolute Gasteiger partial charge is 0.200 e. The lowest BCUT2D eigenvalue weighted by Gasteiger charge is -2.51. The Labute approximate surface area is 272 Å². The van der Waals surface area contributed by atoms with E-state index in [0.717, 1.165) is 0 Å². The Morgan fingerprint density at radius 3 is 1.92 bits per heavy atom. The van der Waals surface area contributed by atoms with E-state index in [2.05, 4.69) is 0 Å². The fourth-order valence-electron chi connectivity index (χ4n) is 7.08. The van der Waals surface area contributed by atoms with Gasteiger partial charge >= 0.3 is 0 Å². The lowest BCUT2D eigenvalue weighted by molar-refractivity contribution is -0.403. The molecule has 21 nitrogen and oxygen atoms in total. The molecule has 21 heteroatoms. The largest absolute Gasteiger partial charge is 0.394 e. The molecule has 0 radical (unpaired) electrons. The van der Waals surface area contributed by atoms with Gasteiger partial charge in [0.15, 0.2) is 18.9 Å². The molecule has 0 amide bonds. The highest BCUT2D eigenvalue weighted by molar-refractivity contribution is 5.04. The monoisotopic (exact) mass is 703 g/mol. The molecule has 6 rings (SSSR count). The number of nitrogens with two attached hydrogens (primary N) is 1. The van der Waals surface area contributed by atoms with Crippen LogP contribution in [0.2, 0.25) is 0 Å². The van der Waals surface area contributed by atoms with Gasteiger partial charge in [-0.3, -0.25) is 0 Å². The number of aliphatic hydroxyl groups is 11. The van der Waals surface area contributed by atoms with Crippen molar-refractivity contribution in [1.82, 2.24) is 0 Å². The predicted molar refractivity (Wildman–Crippen MR) is 146 cm³/mol. The van der Waals surface area contributed by atoms with Crippen LogP contribution in [0, 0.1) is 0 Å². The molecule has 0 aromatic carbocycles. The molecule has 0 spiro atoms. The molecule has 6 saturated heterocycles. The van der Waals surface area contributed by atoms with E-state index in [1.165, 1.54) is 0 Å². The van der Waals surface area contributed by atoms with Crippen LogP contribution in [0.3, 0.4) is 0 Å². The highest BCUT2D eigenvalue weighted by Crippen LogP contribution is 2.42. The molecule has 13 N–H and O–H groups in total. The van der Waals surface area contributed by atoms with Crippen LogP contribution in [0.4, 0.5) is 0 Å². The summed E-state index contributed by atoms with van der Waals surface area (Å²) in [5, 5.41) is 115. The standard InChI is InChI=1S/C27H45NO20/c28-2-7(31)1-27(23(38)14(34)12(32)9(4-30)47-27)48-19-11-6-41-22(19)17(37)26(44-11)46-20-13(33)8(3-29)43-25(16(20)36)45-18-10-5-40-21(18)15(35)24(39)42-10/h7-26,29-39H,1-6,28H2/t7?,8-,9-,10+,11+,12+,13-,14+,15+,16-,17+,18+,19+,20+,21+,22+,23-,24-,25+,26+,27+/m1/s1. The number of fused-ring (bicyclic) bond motifs is 4. The summed E-state index contributed by atoms with van der Waals surface area (Å²) in [5.74, 6) is -2.27. The Hall–Kier alpha value is -0.840. The van der Waals surface area contributed by atoms with Gasteiger partial charge in [0, 0.05) is 13.0 Å². The first-order valence-corrected chi connectivity index (χ1v) is 15.7. The van der Waals surface area contributed by atoms with E-state index >= 15 is 0 Å². The Bertz CT molecular complexity index is 1080. The molecular formula is C27H45NO20. The van der Waals surface area contributed by atoms with Crippen molar-refractivity contribution in [1.29, 1.82) is 0 Å². The quantitative estimate of drug-likeness (QED) is 0.0950. The summed E-state index contributed by atoms with van der Waals surface area (Å²) in [5.41, 5.74) is 5.57. The Morgan fingerprint density at radius 1 is 0.667 bits per heavy atom. The third kappa shape index (κ3) is 6.53. The second kappa shape index (κ2) is 14.7. The summed E-state index contributed by atoms with van der Waals surface area (Å²) in [6, 6.07) is 0. The molecule has 278 valence electrons. The van der Waals surface area contributed by atoms with Crippen LogP contribution in [-0.4, -0.2) is 218 Å². The van der Waals surface area contributed by atoms with Gasteiger partial charge in [-0.15, -0.1) is 0 Å². The summed E-state index contributed by atoms with van der Waals surface area (Å²) in [6.45, 7) is -2.09. The van der Waals surface area contributed by atoms with Crippen LogP contribution in [0.5, 0.6) is 0 Å². The van der Waals surface area contributed by atoms with Crippen molar-refractivity contribution in [3.05, 3.63) is 0 Å². The van der Waals surface area contributed by atoms with Crippen molar-refractivity contribution in [3.63, 3.8) is 0 Å². The number of rotatable bonds is 11. The van der Waals surface area contributed by atoms with Gasteiger partial charge in [0.2, 0.25) is 5.79 Å². The van der Waals surface area contributed by atoms with Crippen LogP contribution < -0.4 is 5.73 Å². The molecule has 6 aliphatic rings. The summed E-state index contributed by atoms with van der Waals surface area (Å²) in [6.07, 6.45) is -29.7. The van der Waals surface area contributed by atoms with E-state index < -0.39 is 148 Å². The number of ether oxygens (including phenoxy) is 9. The molecule has 21 atom stereocenters. The molecule has 48 heavy (non-hydrogen) atoms. The Morgan fingerprint density at radius 2 is 1.27 bits per heavy atom. The van der Waals surface area contributed by atoms with Crippen molar-refractivity contribution in [2.75, 3.05) is 33.0 Å². The Balaban J connectivity index is 1.17. The van der Waals surface area contributed by atoms with Gasteiger partial charge in [-0.05, 0) is 0 Å². The third-order valence-corrected chi connectivity index (χ3v) is 9.72. The van der Waals surface area contributed by atoms with Crippen molar-refractivity contribution in [2.45, 2.75) is 135 Å². The van der Waals surface area contributed by atoms with E-state index in [4.69, 9.17) is 48.4 Å². The third-order valence-electron chi connectivity index (χ3n) is 9.72. The predicted octanol–water partition coefficient (Wildman–Crippen LogP) is -8.58. The first-order valence-electron chi connectivity index (χ1n) is 15.7. The molecule has 0 aliphatic carbocycles. The molecule has 6 fully saturated rings. The van der Waals surface area contributed by atoms with Crippen molar-refractivity contribution in [2.24, 2.45) is 5.73 Å². The van der Waals surface area contributed by atoms with E-state index in [1.54, 1.807) is 0 Å². The first kappa shape index (κ1) is 36.9. The number of hydrogen-bond donors (Lipinski definition) is 12. The first-order chi connectivity index (χ1) is 22.8. The van der Waals surface area contributed by atoms with Crippen molar-refractivity contribution >= 4 is 0 Å². The minimum absolute atomic E-state index is 0.0406. The number of hydrogen-bond acceptors (Lipinski definition) is 21. The SMILES string of the molecule is NCC(O)C[C@@]1(O[C@@H]2[C@H]3OC[C@@H]2O[C@@H](O[C@@H]2[C@@H](O)[C@H](O[C@@H]4[C@H]5OC[C@@H]4O[C@@H](O)[C@H]5O)O[C@H](CO)[C@H]2O)[C@H]3O)O[C@H](CO)[C@H](O)[C@H](O)[C@H]1O. The zero-order chi connectivity index (χ0) is 34.7. The van der Waals surface area contributed by atoms with Crippen LogP contribution >= 0.6 is 0 Å². The molecule has 4 bridgehead atoms. The van der Waals surface area contributed by atoms with Gasteiger partial charge in [0.25, 0.3) is 0 Å². The Kier molecular flexibility index (Phi) is 11.3. The van der Waals surface area contributed by atoms with E-state index in [9.17, 15) is 56.2 Å². The topological polar surface area (TPSA) is 332 Å². The van der Waals surface area contributed by atoms with Crippen molar-refractivity contribution < 1.29 is 98.8 Å². The van der Waals surface area contributed by atoms with Gasteiger partial charge < -0.3 is 105 Å². The van der Waals surface area contributed by atoms with Gasteiger partial charge in [-0.2, -0.15) is 0 Å². The molecule has 6 aliphatic heterocycles. The molecule has 6 heterocycles. The minimum atomic E-state index is -2.27. The summed E-state index contributed by atoms with van der Waals surface area (Å²) in [4.78, 5) is 0. The molecular weight excluding hydrogens is 658 g/mol. The van der Waals surface area contributed by atoms with E-state index in [1.807, 2.05) is 0 Å². The fourth-order valence-corrected chi connectivity index (χ4v) is 7.08. The van der Waals surface area contributed by atoms with Crippen molar-refractivity contribution in [3.8, 4) is 0 Å². The van der Waals surface area contributed by atoms with E-state index in [0.29, 0.717) is 0 Å². The average molecular weight is 704 g/mol. The van der Waals surface area contributed by atoms with Gasteiger partial charge in [0.1, 0.15) is 97.7 Å². The highest BCUT2D eigenvalue weighted by atomic mass is 16.8. The molecule has 0 aromatic heterocycles. The van der Waals surface area contributed by atoms with Gasteiger partial charge in [0.05, 0.1) is 32.5 Å². The maximum Gasteiger partial charge on any atom is 0.200 e. The summed E-state index contributed by atoms with van der Waals surface area (Å²) < 4.78 is 51.5. The number of aliphatic hydroxyl groups excluding tert-OH is 11. The fraction of sp³-hybridized carbons (Fsp3) is 1.00.